The molecule has 1 unspecified atom stereocenters. The standard InChI is InChI=1S/C19H19F2N5O2/c1-24-11-22-16(9-17(24)27)25-8-4-7-14(25)18-23-13-6-3-2-5-12(13)19(28)26(18)10-15(20)21/h2-3,5-6,9,11,14-15H,4,7-8,10H2,1H3. The van der Waals surface area contributed by atoms with Crippen molar-refractivity contribution >= 4 is 16.7 Å². The van der Waals surface area contributed by atoms with E-state index in [-0.39, 0.29) is 11.4 Å². The summed E-state index contributed by atoms with van der Waals surface area (Å²) < 4.78 is 28.9. The molecule has 2 aromatic heterocycles. The molecule has 1 fully saturated rings. The van der Waals surface area contributed by atoms with E-state index >= 15 is 0 Å². The summed E-state index contributed by atoms with van der Waals surface area (Å²) in [6, 6.07) is 7.73. The average Bonchev–Trinajstić information content (AvgIpc) is 3.15. The Morgan fingerprint density at radius 1 is 1.25 bits per heavy atom. The van der Waals surface area contributed by atoms with Crippen molar-refractivity contribution in [3.63, 3.8) is 0 Å². The van der Waals surface area contributed by atoms with Gasteiger partial charge in [0.05, 0.1) is 29.8 Å². The number of hydrogen-bond acceptors (Lipinski definition) is 5. The van der Waals surface area contributed by atoms with Crippen molar-refractivity contribution in [1.82, 2.24) is 19.1 Å². The van der Waals surface area contributed by atoms with E-state index in [4.69, 9.17) is 0 Å². The fourth-order valence-electron chi connectivity index (χ4n) is 3.67. The van der Waals surface area contributed by atoms with Crippen LogP contribution in [0.25, 0.3) is 10.9 Å². The summed E-state index contributed by atoms with van der Waals surface area (Å²) in [5, 5.41) is 0.308. The van der Waals surface area contributed by atoms with Crippen LogP contribution < -0.4 is 16.0 Å². The van der Waals surface area contributed by atoms with Crippen LogP contribution in [-0.4, -0.2) is 32.1 Å². The quantitative estimate of drug-likeness (QED) is 0.686. The number of aromatic nitrogens is 4. The predicted molar refractivity (Wildman–Crippen MR) is 101 cm³/mol. The minimum Gasteiger partial charge on any atom is -0.346 e. The van der Waals surface area contributed by atoms with Gasteiger partial charge in [-0.3, -0.25) is 14.2 Å². The molecule has 0 N–H and O–H groups in total. The van der Waals surface area contributed by atoms with Gasteiger partial charge in [0, 0.05) is 19.7 Å². The van der Waals surface area contributed by atoms with Crippen molar-refractivity contribution in [2.75, 3.05) is 11.4 Å². The highest BCUT2D eigenvalue weighted by Crippen LogP contribution is 2.34. The normalized spacial score (nSPS) is 17.0. The number of alkyl halides is 2. The highest BCUT2D eigenvalue weighted by Gasteiger charge is 2.32. The SMILES string of the molecule is Cn1cnc(N2CCCC2c2nc3ccccc3c(=O)n2CC(F)F)cc1=O. The number of anilines is 1. The third-order valence-electron chi connectivity index (χ3n) is 5.02. The van der Waals surface area contributed by atoms with Crippen LogP contribution in [0, 0.1) is 0 Å². The molecule has 7 nitrogen and oxygen atoms in total. The van der Waals surface area contributed by atoms with E-state index in [1.807, 2.05) is 4.90 Å². The van der Waals surface area contributed by atoms with Gasteiger partial charge in [0.15, 0.2) is 0 Å². The van der Waals surface area contributed by atoms with Crippen molar-refractivity contribution in [3.05, 3.63) is 63.2 Å². The monoisotopic (exact) mass is 387 g/mol. The van der Waals surface area contributed by atoms with Crippen molar-refractivity contribution in [3.8, 4) is 0 Å². The largest absolute Gasteiger partial charge is 0.346 e. The molecule has 0 spiro atoms. The minimum absolute atomic E-state index is 0.216. The zero-order valence-electron chi connectivity index (χ0n) is 15.3. The van der Waals surface area contributed by atoms with Gasteiger partial charge in [-0.05, 0) is 25.0 Å². The van der Waals surface area contributed by atoms with Gasteiger partial charge in [0.2, 0.25) is 0 Å². The Bertz CT molecular complexity index is 1140. The number of aryl methyl sites for hydroxylation is 1. The molecule has 1 aliphatic heterocycles. The summed E-state index contributed by atoms with van der Waals surface area (Å²) in [7, 11) is 1.60. The van der Waals surface area contributed by atoms with Gasteiger partial charge in [-0.1, -0.05) is 12.1 Å². The van der Waals surface area contributed by atoms with E-state index in [2.05, 4.69) is 9.97 Å². The number of fused-ring (bicyclic) bond motifs is 1. The smallest absolute Gasteiger partial charge is 0.261 e. The van der Waals surface area contributed by atoms with Crippen molar-refractivity contribution in [1.29, 1.82) is 0 Å². The van der Waals surface area contributed by atoms with Crippen LogP contribution >= 0.6 is 0 Å². The first-order valence-electron chi connectivity index (χ1n) is 9.02. The molecule has 0 radical (unpaired) electrons. The van der Waals surface area contributed by atoms with Gasteiger partial charge in [0.25, 0.3) is 17.5 Å². The van der Waals surface area contributed by atoms with E-state index < -0.39 is 24.6 Å². The maximum Gasteiger partial charge on any atom is 0.261 e. The van der Waals surface area contributed by atoms with Gasteiger partial charge < -0.3 is 9.47 Å². The summed E-state index contributed by atoms with van der Waals surface area (Å²) in [6.07, 6.45) is 0.146. The second-order valence-electron chi connectivity index (χ2n) is 6.84. The number of hydrogen-bond donors (Lipinski definition) is 0. The molecule has 0 bridgehead atoms. The van der Waals surface area contributed by atoms with Gasteiger partial charge in [-0.2, -0.15) is 0 Å². The Balaban J connectivity index is 1.87. The van der Waals surface area contributed by atoms with Gasteiger partial charge in [-0.25, -0.2) is 18.7 Å². The Morgan fingerprint density at radius 3 is 2.79 bits per heavy atom. The van der Waals surface area contributed by atoms with Crippen LogP contribution in [0.5, 0.6) is 0 Å². The highest BCUT2D eigenvalue weighted by atomic mass is 19.3. The van der Waals surface area contributed by atoms with E-state index in [9.17, 15) is 18.4 Å². The molecule has 3 heterocycles. The zero-order valence-corrected chi connectivity index (χ0v) is 15.3. The maximum atomic E-state index is 13.2. The summed E-state index contributed by atoms with van der Waals surface area (Å²) >= 11 is 0. The third-order valence-corrected chi connectivity index (χ3v) is 5.02. The lowest BCUT2D eigenvalue weighted by Crippen LogP contribution is -2.34. The number of benzene rings is 1. The third kappa shape index (κ3) is 3.17. The van der Waals surface area contributed by atoms with E-state index in [1.165, 1.54) is 17.0 Å². The Kier molecular flexibility index (Phi) is 4.66. The second-order valence-corrected chi connectivity index (χ2v) is 6.84. The Labute approximate surface area is 158 Å². The topological polar surface area (TPSA) is 73.0 Å². The van der Waals surface area contributed by atoms with E-state index in [0.717, 1.165) is 11.0 Å². The minimum atomic E-state index is -2.68. The van der Waals surface area contributed by atoms with E-state index in [1.54, 1.807) is 31.3 Å². The van der Waals surface area contributed by atoms with Crippen LogP contribution in [0.15, 0.2) is 46.2 Å². The second kappa shape index (κ2) is 7.14. The first kappa shape index (κ1) is 18.3. The summed E-state index contributed by atoms with van der Waals surface area (Å²) in [5.41, 5.74) is -0.228. The molecule has 0 aliphatic carbocycles. The molecule has 3 aromatic rings. The summed E-state index contributed by atoms with van der Waals surface area (Å²) in [4.78, 5) is 35.6. The van der Waals surface area contributed by atoms with E-state index in [0.29, 0.717) is 29.7 Å². The van der Waals surface area contributed by atoms with Crippen LogP contribution in [0.1, 0.15) is 24.7 Å². The van der Waals surface area contributed by atoms with Crippen LogP contribution in [-0.2, 0) is 13.6 Å². The molecular formula is C19H19F2N5O2. The van der Waals surface area contributed by atoms with Crippen molar-refractivity contribution < 1.29 is 8.78 Å². The molecule has 1 atom stereocenters. The maximum absolute atomic E-state index is 13.2. The molecule has 1 aromatic carbocycles. The molecule has 9 heteroatoms. The molecule has 0 saturated carbocycles. The van der Waals surface area contributed by atoms with Gasteiger partial charge in [-0.15, -0.1) is 0 Å². The fraction of sp³-hybridized carbons (Fsp3) is 0.368. The number of halogens is 2. The molecule has 1 aliphatic rings. The first-order valence-corrected chi connectivity index (χ1v) is 9.02. The molecule has 4 rings (SSSR count). The van der Waals surface area contributed by atoms with Gasteiger partial charge in [0.1, 0.15) is 11.6 Å². The van der Waals surface area contributed by atoms with Crippen LogP contribution in [0.3, 0.4) is 0 Å². The predicted octanol–water partition coefficient (Wildman–Crippen LogP) is 2.10. The molecular weight excluding hydrogens is 368 g/mol. The number of nitrogens with zero attached hydrogens (tertiary/aromatic N) is 5. The average molecular weight is 387 g/mol. The fourth-order valence-corrected chi connectivity index (χ4v) is 3.67. The molecule has 1 saturated heterocycles. The summed E-state index contributed by atoms with van der Waals surface area (Å²) in [5.74, 6) is 0.737. The zero-order chi connectivity index (χ0) is 19.8. The first-order chi connectivity index (χ1) is 13.5. The molecule has 0 amide bonds. The molecule has 28 heavy (non-hydrogen) atoms. The van der Waals surface area contributed by atoms with Crippen LogP contribution in [0.2, 0.25) is 0 Å². The van der Waals surface area contributed by atoms with Crippen LogP contribution in [0.4, 0.5) is 14.6 Å². The highest BCUT2D eigenvalue weighted by molar-refractivity contribution is 5.77. The lowest BCUT2D eigenvalue weighted by atomic mass is 10.1. The van der Waals surface area contributed by atoms with Crippen molar-refractivity contribution in [2.24, 2.45) is 7.05 Å². The van der Waals surface area contributed by atoms with Gasteiger partial charge >= 0.3 is 0 Å². The lowest BCUT2D eigenvalue weighted by molar-refractivity contribution is 0.123. The number of rotatable bonds is 4. The lowest BCUT2D eigenvalue weighted by Gasteiger charge is -2.27. The Morgan fingerprint density at radius 2 is 2.04 bits per heavy atom. The van der Waals surface area contributed by atoms with Crippen molar-refractivity contribution in [2.45, 2.75) is 31.9 Å². The number of para-hydroxylation sites is 1. The summed E-state index contributed by atoms with van der Waals surface area (Å²) in [6.45, 7) is -0.122. The Hall–Kier alpha value is -3.10. The molecule has 146 valence electrons.